The number of aromatic amines is 4. The Balaban J connectivity index is 0.000000124. The maximum atomic E-state index is 15.1. The lowest BCUT2D eigenvalue weighted by molar-refractivity contribution is 0.0964. The molecule has 2 saturated carbocycles. The first kappa shape index (κ1) is 99.5. The minimum Gasteiger partial charge on any atom is -0.492 e. The molecule has 12 heterocycles. The molecule has 5 amide bonds. The summed E-state index contributed by atoms with van der Waals surface area (Å²) in [6, 6.07) is 44.1. The Morgan fingerprint density at radius 2 is 0.777 bits per heavy atom. The number of carbonyl (C=O) groups is 5. The highest BCUT2D eigenvalue weighted by atomic mass is 32.2. The van der Waals surface area contributed by atoms with E-state index in [1.165, 1.54) is 173 Å². The van der Waals surface area contributed by atoms with Gasteiger partial charge in [-0.25, -0.2) is 83.3 Å². The summed E-state index contributed by atoms with van der Waals surface area (Å²) in [7, 11) is -16.1. The zero-order chi connectivity index (χ0) is 105. The van der Waals surface area contributed by atoms with E-state index in [9.17, 15) is 98.8 Å². The SMILES string of the molecule is CC(C)S(=O)(=O)NC(=O)c1c(-c2ccc[nH]c2=O)c2c3occc3c(F)cc2n1Cc1ccccc1F.CS(=O)(=O)NC(=O)c1c(-c2ccc[nH]c2=O)c2c3occc3ccc2n1Cc1cc(C(N)=O)ccc1F.O=C(NS(=O)(=O)C1CC1)c1c(-c2ccc[nH]c2=O)c2c3c(ccc2n1Cc1cc(F)ccc1F)CCO3.O=C(NS(=O)(=O)C1CC1)c1c(-c2ccc[nH]c2=O)c2c3occc3c(F)cc2n1Cc1ccccc1F. The van der Waals surface area contributed by atoms with Crippen molar-refractivity contribution in [2.45, 2.75) is 87.9 Å². The Bertz CT molecular complexity index is 9290. The fraction of sp³-hybridized carbons (Fsp3) is 0.155. The maximum Gasteiger partial charge on any atom is 0.282 e. The molecule has 0 atom stereocenters. The van der Waals surface area contributed by atoms with Crippen LogP contribution in [0.15, 0.2) is 264 Å². The lowest BCUT2D eigenvalue weighted by Crippen LogP contribution is -2.37. The largest absolute Gasteiger partial charge is 0.492 e. The predicted molar refractivity (Wildman–Crippen MR) is 534 cm³/mol. The number of fused-ring (bicyclic) bond motifs is 12. The van der Waals surface area contributed by atoms with E-state index in [1.54, 1.807) is 54.6 Å². The number of pyridine rings is 4. The number of benzene rings is 8. The van der Waals surface area contributed by atoms with E-state index in [4.69, 9.17) is 23.7 Å². The van der Waals surface area contributed by atoms with E-state index in [-0.39, 0.29) is 165 Å². The van der Waals surface area contributed by atoms with E-state index < -0.39 is 148 Å². The summed E-state index contributed by atoms with van der Waals surface area (Å²) in [5, 5.41) is -0.224. The van der Waals surface area contributed by atoms with Gasteiger partial charge >= 0.3 is 0 Å². The van der Waals surface area contributed by atoms with Crippen LogP contribution in [0.1, 0.15) is 120 Å². The van der Waals surface area contributed by atoms with Crippen molar-refractivity contribution < 1.29 is 106 Å². The van der Waals surface area contributed by atoms with Crippen molar-refractivity contribution in [2.24, 2.45) is 5.73 Å². The van der Waals surface area contributed by atoms with Crippen LogP contribution >= 0.6 is 0 Å². The zero-order valence-electron chi connectivity index (χ0n) is 77.5. The summed E-state index contributed by atoms with van der Waals surface area (Å²) >= 11 is 0. The highest BCUT2D eigenvalue weighted by Gasteiger charge is 2.43. The van der Waals surface area contributed by atoms with Gasteiger partial charge in [0.15, 0.2) is 0 Å². The van der Waals surface area contributed by atoms with Crippen LogP contribution in [0.3, 0.4) is 0 Å². The lowest BCUT2D eigenvalue weighted by atomic mass is 10.00. The summed E-state index contributed by atoms with van der Waals surface area (Å²) < 4.78 is 240. The number of halogens is 7. The normalized spacial score (nSPS) is 13.2. The summed E-state index contributed by atoms with van der Waals surface area (Å²) in [5.41, 5.74) is 5.59. The average Bonchev–Trinajstić information content (AvgIpc) is 1.58. The van der Waals surface area contributed by atoms with Crippen LogP contribution in [0, 0.1) is 40.7 Å². The average molecular weight is 2100 g/mol. The van der Waals surface area contributed by atoms with Crippen molar-refractivity contribution in [1.82, 2.24) is 57.1 Å². The number of aromatic nitrogens is 8. The number of hydrogen-bond donors (Lipinski definition) is 9. The van der Waals surface area contributed by atoms with Crippen molar-refractivity contribution in [2.75, 3.05) is 12.9 Å². The quantitative estimate of drug-likeness (QED) is 0.0254. The number of sulfonamides is 4. The first-order valence-electron chi connectivity index (χ1n) is 45.3. The topological polar surface area (TPSA) is 496 Å². The molecule has 0 radical (unpaired) electrons. The predicted octanol–water partition coefficient (Wildman–Crippen LogP) is 15.0. The first-order chi connectivity index (χ1) is 70.6. The number of primary amides is 1. The third kappa shape index (κ3) is 19.0. The van der Waals surface area contributed by atoms with Crippen LogP contribution in [-0.2, 0) is 72.7 Å². The molecular weight excluding hydrogens is 2020 g/mol. The molecule has 45 heteroatoms. The van der Waals surface area contributed by atoms with Crippen molar-refractivity contribution in [1.29, 1.82) is 0 Å². The number of hydrogen-bond acceptors (Lipinski definition) is 21. The second-order valence-corrected chi connectivity index (χ2v) is 43.1. The Morgan fingerprint density at radius 1 is 0.399 bits per heavy atom. The second kappa shape index (κ2) is 39.1. The Hall–Kier alpha value is -17.2. The van der Waals surface area contributed by atoms with Gasteiger partial charge in [0, 0.05) is 86.7 Å². The summed E-state index contributed by atoms with van der Waals surface area (Å²) in [6.07, 6.45) is 12.8. The molecule has 8 aromatic carbocycles. The van der Waals surface area contributed by atoms with Crippen LogP contribution in [0.2, 0.25) is 0 Å². The molecule has 756 valence electrons. The number of rotatable bonds is 24. The fourth-order valence-electron chi connectivity index (χ4n) is 18.1. The Labute approximate surface area is 831 Å². The monoisotopic (exact) mass is 2100 g/mol. The number of nitrogens with one attached hydrogen (secondary N) is 8. The van der Waals surface area contributed by atoms with Gasteiger partial charge < -0.3 is 61.9 Å². The molecule has 148 heavy (non-hydrogen) atoms. The number of carbonyl (C=O) groups excluding carboxylic acids is 5. The van der Waals surface area contributed by atoms with Gasteiger partial charge in [0.25, 0.3) is 45.9 Å². The van der Waals surface area contributed by atoms with E-state index >= 15 is 8.78 Å². The third-order valence-corrected chi connectivity index (χ3v) is 31.2. The molecule has 2 aliphatic carbocycles. The highest BCUT2D eigenvalue weighted by Crippen LogP contribution is 2.48. The molecule has 10 N–H and O–H groups in total. The molecule has 1 aliphatic heterocycles. The fourth-order valence-corrected chi connectivity index (χ4v) is 21.7. The molecular formula is C103H80F7N13O21S4. The minimum atomic E-state index is -4.10. The molecule has 34 nitrogen and oxygen atoms in total. The van der Waals surface area contributed by atoms with Gasteiger partial charge in [-0.1, -0.05) is 42.5 Å². The molecule has 2 fully saturated rings. The molecule has 0 spiro atoms. The van der Waals surface area contributed by atoms with Crippen LogP contribution in [0.5, 0.6) is 5.75 Å². The Morgan fingerprint density at radius 3 is 1.21 bits per heavy atom. The molecule has 0 saturated heterocycles. The number of nitrogens with zero attached hydrogens (tertiary/aromatic N) is 4. The molecule has 19 aromatic rings. The van der Waals surface area contributed by atoms with Crippen LogP contribution < -0.4 is 51.6 Å². The van der Waals surface area contributed by atoms with Crippen molar-refractivity contribution in [3.8, 4) is 50.3 Å². The highest BCUT2D eigenvalue weighted by molar-refractivity contribution is 7.91. The minimum absolute atomic E-state index is 0.00895. The van der Waals surface area contributed by atoms with Crippen molar-refractivity contribution in [3.63, 3.8) is 0 Å². The van der Waals surface area contributed by atoms with Gasteiger partial charge in [-0.2, -0.15) is 0 Å². The molecule has 0 unspecified atom stereocenters. The molecule has 11 aromatic heterocycles. The van der Waals surface area contributed by atoms with E-state index in [0.717, 1.165) is 42.2 Å². The van der Waals surface area contributed by atoms with Crippen molar-refractivity contribution in [3.05, 3.63) is 370 Å². The van der Waals surface area contributed by atoms with E-state index in [0.29, 0.717) is 77.2 Å². The van der Waals surface area contributed by atoms with Crippen molar-refractivity contribution >= 4 is 146 Å². The number of furan rings is 3. The second-order valence-electron chi connectivity index (χ2n) is 35.2. The molecule has 3 aliphatic rings. The number of amides is 5. The molecule has 0 bridgehead atoms. The summed E-state index contributed by atoms with van der Waals surface area (Å²) in [4.78, 5) is 128. The third-order valence-electron chi connectivity index (χ3n) is 25.3. The number of ether oxygens (including phenoxy) is 1. The smallest absolute Gasteiger partial charge is 0.282 e. The first-order valence-corrected chi connectivity index (χ1v) is 51.9. The zero-order valence-corrected chi connectivity index (χ0v) is 80.7. The molecule has 22 rings (SSSR count). The van der Waals surface area contributed by atoms with Crippen LogP contribution in [0.4, 0.5) is 30.7 Å². The van der Waals surface area contributed by atoms with Gasteiger partial charge in [-0.05, 0) is 191 Å². The van der Waals surface area contributed by atoms with Gasteiger partial charge in [0.2, 0.25) is 46.0 Å². The van der Waals surface area contributed by atoms with Gasteiger partial charge in [-0.3, -0.25) is 43.2 Å². The Kier molecular flexibility index (Phi) is 26.3. The van der Waals surface area contributed by atoms with Gasteiger partial charge in [0.1, 0.15) is 86.0 Å². The summed E-state index contributed by atoms with van der Waals surface area (Å²) in [5.74, 6) is -8.91. The summed E-state index contributed by atoms with van der Waals surface area (Å²) in [6.45, 7) is 2.09. The number of nitrogens with two attached hydrogens (primary N) is 1. The van der Waals surface area contributed by atoms with E-state index in [1.807, 2.05) is 15.5 Å². The van der Waals surface area contributed by atoms with Gasteiger partial charge in [0.05, 0.1) is 150 Å². The standard InChI is InChI=1S/C26H21F2N3O5S.C26H19F2N3O5S.C26H21F2N3O5S.C25H19FN4O6S/c27-16-4-7-19(28)15(12-16)13-31-20-8-3-14-9-11-36-24(14)22(20)21(18-2-1-10-29-25(18)32)23(31)26(33)30-37(34,35)17-5-6-17;27-18-6-2-1-4-14(18)13-31-20-12-19(28)16-9-11-36-24(16)22(20)21(17-5-3-10-29-25(17)32)23(31)26(33)30-37(34,35)15-7-8-15;1-14(2)37(34,35)30-26(33)23-21(17-7-5-10-29-25(17)32)22-20(12-19(28)16-9-11-36-24(16)22)31(23)13-15-6-3-4-8-18(15)27;1-37(34,35)29-25(33)21-19(16-3-2-9-28-24(16)32)20-18(7-5-13-8-10-36-22(13)20)30(21)12-15-11-14(23(27)31)4-6-17(15)26/h1-4,7-8,10,12,17H,5-6,9,11,13H2,(H,29,32)(H,30,33);1-6,9-12,15H,7-8,13H2,(H,29,32)(H,30,33);3-12,14H,13H2,1-2H3,(H,29,32)(H,30,33);2-11H,12H2,1H3,(H2,27,31)(H,28,32)(H,29,33). The van der Waals surface area contributed by atoms with Crippen LogP contribution in [-0.4, -0.2) is 130 Å². The lowest BCUT2D eigenvalue weighted by Gasteiger charge is -2.14. The van der Waals surface area contributed by atoms with E-state index in [2.05, 4.69) is 29.4 Å². The van der Waals surface area contributed by atoms with Crippen LogP contribution in [0.25, 0.3) is 121 Å². The maximum absolute atomic E-state index is 15.1. The number of H-pyrrole nitrogens is 4. The van der Waals surface area contributed by atoms with Gasteiger partial charge in [-0.15, -0.1) is 0 Å².